The van der Waals surface area contributed by atoms with Crippen molar-refractivity contribution < 1.29 is 4.79 Å². The van der Waals surface area contributed by atoms with Gasteiger partial charge in [0.15, 0.2) is 0 Å². The molecule has 1 amide bonds. The van der Waals surface area contributed by atoms with Gasteiger partial charge in [0.05, 0.1) is 0 Å². The molecule has 0 rings (SSSR count). The summed E-state index contributed by atoms with van der Waals surface area (Å²) in [6.07, 6.45) is 4.30. The van der Waals surface area contributed by atoms with Gasteiger partial charge in [-0.3, -0.25) is 4.79 Å². The van der Waals surface area contributed by atoms with Gasteiger partial charge in [-0.25, -0.2) is 0 Å². The van der Waals surface area contributed by atoms with Crippen LogP contribution in [0.15, 0.2) is 12.7 Å². The van der Waals surface area contributed by atoms with Gasteiger partial charge in [-0.15, -0.1) is 6.58 Å². The number of hydrogen-bond donors (Lipinski definition) is 1. The van der Waals surface area contributed by atoms with Gasteiger partial charge in [-0.2, -0.15) is 0 Å². The van der Waals surface area contributed by atoms with Crippen LogP contribution in [0.1, 0.15) is 26.2 Å². The number of allylic oxidation sites excluding steroid dienone is 1. The molecule has 0 aliphatic rings. The Morgan fingerprint density at radius 1 is 1.70 bits per heavy atom. The Balaban J connectivity index is 3.13. The van der Waals surface area contributed by atoms with E-state index < -0.39 is 0 Å². The standard InChI is InChI=1S/C8H15NO/c1-3-5-6-7-8(10)9-4-2/h3H,1,4-7H2,2H3,(H,9,10). The predicted octanol–water partition coefficient (Wildman–Crippen LogP) is 1.48. The Morgan fingerprint density at radius 2 is 2.40 bits per heavy atom. The highest BCUT2D eigenvalue weighted by atomic mass is 16.1. The molecule has 0 unspecified atom stereocenters. The predicted molar refractivity (Wildman–Crippen MR) is 42.7 cm³/mol. The lowest BCUT2D eigenvalue weighted by Crippen LogP contribution is -2.21. The molecule has 0 saturated carbocycles. The maximum absolute atomic E-state index is 10.8. The second-order valence-electron chi connectivity index (χ2n) is 2.13. The van der Waals surface area contributed by atoms with E-state index in [1.54, 1.807) is 0 Å². The van der Waals surface area contributed by atoms with Gasteiger partial charge in [0.2, 0.25) is 5.91 Å². The second kappa shape index (κ2) is 6.33. The SMILES string of the molecule is C=CCCCC(=O)NCC. The fourth-order valence-corrected chi connectivity index (χ4v) is 0.693. The van der Waals surface area contributed by atoms with Gasteiger partial charge in [0.25, 0.3) is 0 Å². The Kier molecular flexibility index (Phi) is 5.83. The average Bonchev–Trinajstić information content (AvgIpc) is 1.89. The highest BCUT2D eigenvalue weighted by molar-refractivity contribution is 5.75. The van der Waals surface area contributed by atoms with Crippen molar-refractivity contribution in [1.29, 1.82) is 0 Å². The fraction of sp³-hybridized carbons (Fsp3) is 0.625. The molecule has 0 aromatic rings. The molecule has 0 spiro atoms. The van der Waals surface area contributed by atoms with Crippen LogP contribution in [0.25, 0.3) is 0 Å². The van der Waals surface area contributed by atoms with Gasteiger partial charge >= 0.3 is 0 Å². The summed E-state index contributed by atoms with van der Waals surface area (Å²) in [5.41, 5.74) is 0. The van der Waals surface area contributed by atoms with Crippen LogP contribution in [-0.2, 0) is 4.79 Å². The molecule has 1 N–H and O–H groups in total. The fourth-order valence-electron chi connectivity index (χ4n) is 0.693. The van der Waals surface area contributed by atoms with Crippen molar-refractivity contribution in [3.8, 4) is 0 Å². The summed E-state index contributed by atoms with van der Waals surface area (Å²) in [4.78, 5) is 10.8. The molecule has 0 fully saturated rings. The van der Waals surface area contributed by atoms with Crippen molar-refractivity contribution in [3.05, 3.63) is 12.7 Å². The van der Waals surface area contributed by atoms with E-state index in [4.69, 9.17) is 0 Å². The van der Waals surface area contributed by atoms with Crippen LogP contribution in [0.5, 0.6) is 0 Å². The second-order valence-corrected chi connectivity index (χ2v) is 2.13. The molecule has 0 aromatic carbocycles. The third-order valence-corrected chi connectivity index (χ3v) is 1.19. The minimum atomic E-state index is 0.143. The third kappa shape index (κ3) is 5.35. The molecule has 0 aliphatic carbocycles. The molecule has 0 atom stereocenters. The monoisotopic (exact) mass is 141 g/mol. The summed E-state index contributed by atoms with van der Waals surface area (Å²) in [5, 5.41) is 2.73. The number of carbonyl (C=O) groups is 1. The first kappa shape index (κ1) is 9.21. The van der Waals surface area contributed by atoms with Crippen molar-refractivity contribution in [3.63, 3.8) is 0 Å². The van der Waals surface area contributed by atoms with Crippen LogP contribution in [0.2, 0.25) is 0 Å². The maximum Gasteiger partial charge on any atom is 0.219 e. The molecule has 0 aliphatic heterocycles. The minimum absolute atomic E-state index is 0.143. The number of unbranched alkanes of at least 4 members (excludes halogenated alkanes) is 1. The van der Waals surface area contributed by atoms with Gasteiger partial charge in [0, 0.05) is 13.0 Å². The molecule has 10 heavy (non-hydrogen) atoms. The molecule has 0 bridgehead atoms. The van der Waals surface area contributed by atoms with E-state index in [1.165, 1.54) is 0 Å². The number of amides is 1. The molecular weight excluding hydrogens is 126 g/mol. The normalized spacial score (nSPS) is 8.90. The Morgan fingerprint density at radius 3 is 2.90 bits per heavy atom. The van der Waals surface area contributed by atoms with Gasteiger partial charge < -0.3 is 5.32 Å². The van der Waals surface area contributed by atoms with Crippen molar-refractivity contribution in [2.24, 2.45) is 0 Å². The van der Waals surface area contributed by atoms with Crippen molar-refractivity contribution in [1.82, 2.24) is 5.32 Å². The number of hydrogen-bond acceptors (Lipinski definition) is 1. The Labute approximate surface area is 62.3 Å². The van der Waals surface area contributed by atoms with Crippen LogP contribution in [0.4, 0.5) is 0 Å². The quantitative estimate of drug-likeness (QED) is 0.456. The summed E-state index contributed by atoms with van der Waals surface area (Å²) in [6, 6.07) is 0. The largest absolute Gasteiger partial charge is 0.356 e. The molecule has 2 nitrogen and oxygen atoms in total. The van der Waals surface area contributed by atoms with E-state index in [0.717, 1.165) is 19.4 Å². The zero-order valence-electron chi connectivity index (χ0n) is 6.52. The molecule has 2 heteroatoms. The topological polar surface area (TPSA) is 29.1 Å². The summed E-state index contributed by atoms with van der Waals surface area (Å²) >= 11 is 0. The molecule has 0 heterocycles. The average molecular weight is 141 g/mol. The zero-order chi connectivity index (χ0) is 7.82. The van der Waals surface area contributed by atoms with E-state index in [-0.39, 0.29) is 5.91 Å². The van der Waals surface area contributed by atoms with Crippen LogP contribution >= 0.6 is 0 Å². The van der Waals surface area contributed by atoms with Crippen molar-refractivity contribution >= 4 is 5.91 Å². The maximum atomic E-state index is 10.8. The van der Waals surface area contributed by atoms with E-state index in [0.29, 0.717) is 6.42 Å². The van der Waals surface area contributed by atoms with E-state index in [1.807, 2.05) is 13.0 Å². The van der Waals surface area contributed by atoms with Crippen LogP contribution in [-0.4, -0.2) is 12.5 Å². The van der Waals surface area contributed by atoms with Crippen LogP contribution < -0.4 is 5.32 Å². The minimum Gasteiger partial charge on any atom is -0.356 e. The first-order chi connectivity index (χ1) is 4.81. The van der Waals surface area contributed by atoms with Gasteiger partial charge in [0.1, 0.15) is 0 Å². The lowest BCUT2D eigenvalue weighted by Gasteiger charge is -1.98. The summed E-state index contributed by atoms with van der Waals surface area (Å²) in [7, 11) is 0. The molecule has 0 aromatic heterocycles. The Hall–Kier alpha value is -0.790. The summed E-state index contributed by atoms with van der Waals surface area (Å²) in [5.74, 6) is 0.143. The van der Waals surface area contributed by atoms with Crippen LogP contribution in [0, 0.1) is 0 Å². The lowest BCUT2D eigenvalue weighted by molar-refractivity contribution is -0.121. The molecular formula is C8H15NO. The first-order valence-corrected chi connectivity index (χ1v) is 3.68. The van der Waals surface area contributed by atoms with Crippen molar-refractivity contribution in [2.75, 3.05) is 6.54 Å². The zero-order valence-corrected chi connectivity index (χ0v) is 6.52. The smallest absolute Gasteiger partial charge is 0.219 e. The lowest BCUT2D eigenvalue weighted by atomic mass is 10.2. The first-order valence-electron chi connectivity index (χ1n) is 3.68. The van der Waals surface area contributed by atoms with Gasteiger partial charge in [-0.05, 0) is 19.8 Å². The molecule has 58 valence electrons. The van der Waals surface area contributed by atoms with E-state index >= 15 is 0 Å². The summed E-state index contributed by atoms with van der Waals surface area (Å²) < 4.78 is 0. The van der Waals surface area contributed by atoms with E-state index in [9.17, 15) is 4.79 Å². The molecule has 0 saturated heterocycles. The summed E-state index contributed by atoms with van der Waals surface area (Å²) in [6.45, 7) is 6.22. The number of nitrogens with one attached hydrogen (secondary N) is 1. The van der Waals surface area contributed by atoms with Crippen molar-refractivity contribution in [2.45, 2.75) is 26.2 Å². The highest BCUT2D eigenvalue weighted by Crippen LogP contribution is 1.94. The highest BCUT2D eigenvalue weighted by Gasteiger charge is 1.95. The Bertz CT molecular complexity index is 110. The molecule has 0 radical (unpaired) electrons. The third-order valence-electron chi connectivity index (χ3n) is 1.19. The number of rotatable bonds is 5. The van der Waals surface area contributed by atoms with Gasteiger partial charge in [-0.1, -0.05) is 6.08 Å². The van der Waals surface area contributed by atoms with E-state index in [2.05, 4.69) is 11.9 Å². The number of carbonyl (C=O) groups excluding carboxylic acids is 1. The van der Waals surface area contributed by atoms with Crippen LogP contribution in [0.3, 0.4) is 0 Å².